The number of nitrogen functional groups attached to an aromatic ring is 1. The molecular formula is C34H25N7O4. The number of aromatic nitrogens is 5. The van der Waals surface area contributed by atoms with Gasteiger partial charge in [-0.05, 0) is 66.2 Å². The molecule has 0 saturated carbocycles. The molecule has 4 aromatic heterocycles. The van der Waals surface area contributed by atoms with Crippen LogP contribution >= 0.6 is 0 Å². The molecule has 0 unspecified atom stereocenters. The zero-order valence-electron chi connectivity index (χ0n) is 23.9. The van der Waals surface area contributed by atoms with Crippen LogP contribution in [0.3, 0.4) is 0 Å². The molecule has 7 rings (SSSR count). The summed E-state index contributed by atoms with van der Waals surface area (Å²) in [7, 11) is 1.83. The molecule has 1 amide bonds. The molecule has 0 saturated heterocycles. The maximum atomic E-state index is 13.1. The number of amides is 1. The number of carbonyl (C=O) groups is 1. The summed E-state index contributed by atoms with van der Waals surface area (Å²) in [6, 6.07) is 26.5. The van der Waals surface area contributed by atoms with Crippen LogP contribution in [0.1, 0.15) is 10.4 Å². The lowest BCUT2D eigenvalue weighted by molar-refractivity contribution is 0.102. The average molecular weight is 596 g/mol. The Kier molecular flexibility index (Phi) is 6.87. The number of rotatable bonds is 7. The van der Waals surface area contributed by atoms with Crippen molar-refractivity contribution >= 4 is 28.4 Å². The maximum absolute atomic E-state index is 13.1. The summed E-state index contributed by atoms with van der Waals surface area (Å²) in [6.07, 6.45) is 6.55. The highest BCUT2D eigenvalue weighted by molar-refractivity contribution is 6.04. The molecule has 0 fully saturated rings. The lowest BCUT2D eigenvalue weighted by Gasteiger charge is -2.10. The Labute approximate surface area is 256 Å². The molecule has 45 heavy (non-hydrogen) atoms. The number of nitrogens with one attached hydrogen (secondary N) is 1. The van der Waals surface area contributed by atoms with Crippen LogP contribution in [0.5, 0.6) is 11.6 Å². The first kappa shape index (κ1) is 27.3. The zero-order chi connectivity index (χ0) is 30.9. The molecular weight excluding hydrogens is 570 g/mol. The predicted molar refractivity (Wildman–Crippen MR) is 170 cm³/mol. The Morgan fingerprint density at radius 1 is 0.933 bits per heavy atom. The topological polar surface area (TPSA) is 143 Å². The van der Waals surface area contributed by atoms with Gasteiger partial charge in [-0.15, -0.1) is 0 Å². The van der Waals surface area contributed by atoms with Gasteiger partial charge in [0.2, 0.25) is 11.6 Å². The summed E-state index contributed by atoms with van der Waals surface area (Å²) < 4.78 is 15.6. The van der Waals surface area contributed by atoms with Crippen LogP contribution in [0.15, 0.2) is 125 Å². The Bertz CT molecular complexity index is 2240. The van der Waals surface area contributed by atoms with Gasteiger partial charge >= 0.3 is 0 Å². The van der Waals surface area contributed by atoms with Gasteiger partial charge in [-0.2, -0.15) is 5.10 Å². The zero-order valence-corrected chi connectivity index (χ0v) is 23.9. The van der Waals surface area contributed by atoms with E-state index in [1.54, 1.807) is 65.6 Å². The van der Waals surface area contributed by atoms with Gasteiger partial charge in [-0.3, -0.25) is 18.8 Å². The highest BCUT2D eigenvalue weighted by Gasteiger charge is 2.24. The molecule has 3 aromatic carbocycles. The van der Waals surface area contributed by atoms with Crippen molar-refractivity contribution in [2.24, 2.45) is 7.05 Å². The van der Waals surface area contributed by atoms with Gasteiger partial charge in [0, 0.05) is 42.1 Å². The Balaban J connectivity index is 1.19. The molecule has 0 spiro atoms. The number of carbonyl (C=O) groups excluding carboxylic acids is 1. The van der Waals surface area contributed by atoms with Crippen molar-refractivity contribution < 1.29 is 13.9 Å². The van der Waals surface area contributed by atoms with Crippen LogP contribution in [0.25, 0.3) is 39.2 Å². The Hall–Kier alpha value is -6.49. The Morgan fingerprint density at radius 2 is 1.76 bits per heavy atom. The number of nitrogens with zero attached hydrogens (tertiary/aromatic N) is 5. The second kappa shape index (κ2) is 11.3. The standard InChI is InChI=1S/C34H25N7O4/c1-40-19-22(18-38-40)30-28(21-7-5-8-23(35)17-21)29-32(36-20-37-33(29)45-30)44-26-14-12-24(13-15-26)39-31(42)27-11-6-16-41(34(27)43)25-9-3-2-4-10-25/h2-20H,35H2,1H3,(H,39,42). The number of furan rings is 1. The van der Waals surface area contributed by atoms with E-state index in [-0.39, 0.29) is 11.4 Å². The largest absolute Gasteiger partial charge is 0.438 e. The van der Waals surface area contributed by atoms with Crippen molar-refractivity contribution in [3.05, 3.63) is 132 Å². The van der Waals surface area contributed by atoms with Gasteiger partial charge < -0.3 is 20.2 Å². The third kappa shape index (κ3) is 5.30. The van der Waals surface area contributed by atoms with E-state index in [0.29, 0.717) is 45.2 Å². The summed E-state index contributed by atoms with van der Waals surface area (Å²) in [5, 5.41) is 7.65. The highest BCUT2D eigenvalue weighted by Crippen LogP contribution is 2.44. The Morgan fingerprint density at radius 3 is 2.51 bits per heavy atom. The fourth-order valence-electron chi connectivity index (χ4n) is 5.07. The third-order valence-corrected chi connectivity index (χ3v) is 7.15. The van der Waals surface area contributed by atoms with E-state index in [4.69, 9.17) is 14.9 Å². The van der Waals surface area contributed by atoms with E-state index in [2.05, 4.69) is 20.4 Å². The average Bonchev–Trinajstić information content (AvgIpc) is 3.66. The third-order valence-electron chi connectivity index (χ3n) is 7.15. The summed E-state index contributed by atoms with van der Waals surface area (Å²) in [5.41, 5.74) is 10.1. The minimum atomic E-state index is -0.524. The number of hydrogen-bond acceptors (Lipinski definition) is 8. The molecule has 7 aromatic rings. The first-order valence-electron chi connectivity index (χ1n) is 13.9. The van der Waals surface area contributed by atoms with Crippen molar-refractivity contribution in [3.8, 4) is 39.8 Å². The van der Waals surface area contributed by atoms with E-state index >= 15 is 0 Å². The first-order valence-corrected chi connectivity index (χ1v) is 13.9. The maximum Gasteiger partial charge on any atom is 0.267 e. The molecule has 0 atom stereocenters. The van der Waals surface area contributed by atoms with E-state index < -0.39 is 11.5 Å². The van der Waals surface area contributed by atoms with Crippen molar-refractivity contribution in [1.29, 1.82) is 0 Å². The summed E-state index contributed by atoms with van der Waals surface area (Å²) in [5.74, 6) is 0.768. The van der Waals surface area contributed by atoms with Crippen molar-refractivity contribution in [3.63, 3.8) is 0 Å². The SMILES string of the molecule is Cn1cc(-c2oc3ncnc(Oc4ccc(NC(=O)c5cccn(-c6ccccc6)c5=O)cc4)c3c2-c2cccc(N)c2)cn1. The van der Waals surface area contributed by atoms with Crippen LogP contribution in [0.2, 0.25) is 0 Å². The number of ether oxygens (including phenoxy) is 1. The fraction of sp³-hybridized carbons (Fsp3) is 0.0294. The quantitative estimate of drug-likeness (QED) is 0.212. The molecule has 11 heteroatoms. The summed E-state index contributed by atoms with van der Waals surface area (Å²) >= 11 is 0. The molecule has 0 radical (unpaired) electrons. The van der Waals surface area contributed by atoms with E-state index in [0.717, 1.165) is 11.1 Å². The molecule has 0 aliphatic carbocycles. The summed E-state index contributed by atoms with van der Waals surface area (Å²) in [4.78, 5) is 34.9. The second-order valence-electron chi connectivity index (χ2n) is 10.2. The van der Waals surface area contributed by atoms with Gasteiger partial charge in [-0.1, -0.05) is 30.3 Å². The number of nitrogens with two attached hydrogens (primary N) is 1. The second-order valence-corrected chi connectivity index (χ2v) is 10.2. The van der Waals surface area contributed by atoms with Crippen molar-refractivity contribution in [1.82, 2.24) is 24.3 Å². The number of pyridine rings is 1. The van der Waals surface area contributed by atoms with Crippen LogP contribution in [0.4, 0.5) is 11.4 Å². The van der Waals surface area contributed by atoms with Gasteiger partial charge in [-0.25, -0.2) is 9.97 Å². The van der Waals surface area contributed by atoms with Crippen LogP contribution in [-0.4, -0.2) is 30.2 Å². The van der Waals surface area contributed by atoms with Gasteiger partial charge in [0.05, 0.1) is 11.8 Å². The number of benzene rings is 3. The number of fused-ring (bicyclic) bond motifs is 1. The van der Waals surface area contributed by atoms with E-state index in [1.165, 1.54) is 17.0 Å². The lowest BCUT2D eigenvalue weighted by atomic mass is 10.0. The number of hydrogen-bond donors (Lipinski definition) is 2. The molecule has 220 valence electrons. The molecule has 0 aliphatic heterocycles. The molecule has 11 nitrogen and oxygen atoms in total. The van der Waals surface area contributed by atoms with Crippen LogP contribution in [0, 0.1) is 0 Å². The van der Waals surface area contributed by atoms with Gasteiger partial charge in [0.1, 0.15) is 28.8 Å². The van der Waals surface area contributed by atoms with E-state index in [9.17, 15) is 9.59 Å². The minimum absolute atomic E-state index is 0.0171. The van der Waals surface area contributed by atoms with Crippen molar-refractivity contribution in [2.45, 2.75) is 0 Å². The molecule has 0 aliphatic rings. The minimum Gasteiger partial charge on any atom is -0.438 e. The monoisotopic (exact) mass is 595 g/mol. The predicted octanol–water partition coefficient (Wildman–Crippen LogP) is 6.07. The summed E-state index contributed by atoms with van der Waals surface area (Å²) in [6.45, 7) is 0. The number of anilines is 2. The molecule has 4 heterocycles. The van der Waals surface area contributed by atoms with Crippen LogP contribution < -0.4 is 21.3 Å². The molecule has 0 bridgehead atoms. The van der Waals surface area contributed by atoms with E-state index in [1.807, 2.05) is 49.6 Å². The van der Waals surface area contributed by atoms with Gasteiger partial charge in [0.25, 0.3) is 11.5 Å². The van der Waals surface area contributed by atoms with Crippen LogP contribution in [-0.2, 0) is 7.05 Å². The first-order chi connectivity index (χ1) is 21.9. The normalized spacial score (nSPS) is 11.0. The number of aryl methyl sites for hydroxylation is 1. The fourth-order valence-corrected chi connectivity index (χ4v) is 5.07. The highest BCUT2D eigenvalue weighted by atomic mass is 16.5. The number of para-hydroxylation sites is 1. The lowest BCUT2D eigenvalue weighted by Crippen LogP contribution is -2.27. The van der Waals surface area contributed by atoms with Crippen molar-refractivity contribution in [2.75, 3.05) is 11.1 Å². The molecule has 3 N–H and O–H groups in total. The van der Waals surface area contributed by atoms with Gasteiger partial charge in [0.15, 0.2) is 0 Å². The smallest absolute Gasteiger partial charge is 0.267 e.